The van der Waals surface area contributed by atoms with E-state index in [4.69, 9.17) is 0 Å². The Morgan fingerprint density at radius 2 is 1.89 bits per heavy atom. The summed E-state index contributed by atoms with van der Waals surface area (Å²) in [5, 5.41) is 16.3. The molecular formula is C21H26N4O3. The highest BCUT2D eigenvalue weighted by atomic mass is 16.3. The SMILES string of the molecule is O=C(NC1CC2=C(CCC=C2)C1)c1nccnc1NC(=O)C1(O)CCCCC1. The maximum atomic E-state index is 12.8. The summed E-state index contributed by atoms with van der Waals surface area (Å²) in [7, 11) is 0. The third kappa shape index (κ3) is 3.85. The quantitative estimate of drug-likeness (QED) is 0.743. The highest BCUT2D eigenvalue weighted by Gasteiger charge is 2.38. The van der Waals surface area contributed by atoms with Gasteiger partial charge >= 0.3 is 0 Å². The summed E-state index contributed by atoms with van der Waals surface area (Å²) in [6.07, 6.45) is 14.5. The molecule has 0 saturated heterocycles. The summed E-state index contributed by atoms with van der Waals surface area (Å²) in [5.74, 6) is -0.766. The van der Waals surface area contributed by atoms with Crippen LogP contribution >= 0.6 is 0 Å². The molecule has 7 nitrogen and oxygen atoms in total. The Morgan fingerprint density at radius 1 is 1.11 bits per heavy atom. The molecule has 4 rings (SSSR count). The normalized spacial score (nSPS) is 23.2. The van der Waals surface area contributed by atoms with Crippen molar-refractivity contribution in [2.45, 2.75) is 69.4 Å². The lowest BCUT2D eigenvalue weighted by Crippen LogP contribution is -2.45. The summed E-state index contributed by atoms with van der Waals surface area (Å²) in [4.78, 5) is 33.7. The molecule has 0 aromatic carbocycles. The number of carbonyl (C=O) groups is 2. The number of nitrogens with one attached hydrogen (secondary N) is 2. The maximum absolute atomic E-state index is 12.8. The van der Waals surface area contributed by atoms with Crippen LogP contribution in [0.5, 0.6) is 0 Å². The van der Waals surface area contributed by atoms with E-state index in [1.165, 1.54) is 23.5 Å². The molecule has 1 aromatic rings. The van der Waals surface area contributed by atoms with Gasteiger partial charge in [-0.1, -0.05) is 37.0 Å². The first-order valence-electron chi connectivity index (χ1n) is 10.1. The van der Waals surface area contributed by atoms with Crippen LogP contribution < -0.4 is 10.6 Å². The zero-order chi connectivity index (χ0) is 19.6. The number of hydrogen-bond acceptors (Lipinski definition) is 5. The van der Waals surface area contributed by atoms with Crippen LogP contribution in [-0.2, 0) is 4.79 Å². The largest absolute Gasteiger partial charge is 0.380 e. The van der Waals surface area contributed by atoms with Crippen molar-refractivity contribution < 1.29 is 14.7 Å². The summed E-state index contributed by atoms with van der Waals surface area (Å²) in [5.41, 5.74) is 1.42. The molecular weight excluding hydrogens is 356 g/mol. The number of aliphatic hydroxyl groups is 1. The highest BCUT2D eigenvalue weighted by Crippen LogP contribution is 2.34. The molecule has 1 fully saturated rings. The number of carbonyl (C=O) groups excluding carboxylic acids is 2. The van der Waals surface area contributed by atoms with Crippen molar-refractivity contribution in [3.05, 3.63) is 41.4 Å². The lowest BCUT2D eigenvalue weighted by atomic mass is 9.84. The summed E-state index contributed by atoms with van der Waals surface area (Å²) in [6.45, 7) is 0. The van der Waals surface area contributed by atoms with E-state index in [0.717, 1.165) is 44.9 Å². The van der Waals surface area contributed by atoms with E-state index in [1.807, 2.05) is 0 Å². The maximum Gasteiger partial charge on any atom is 0.273 e. The number of rotatable bonds is 4. The van der Waals surface area contributed by atoms with Crippen molar-refractivity contribution in [3.63, 3.8) is 0 Å². The van der Waals surface area contributed by atoms with Crippen LogP contribution in [-0.4, -0.2) is 38.5 Å². The van der Waals surface area contributed by atoms with Crippen LogP contribution in [0.4, 0.5) is 5.82 Å². The molecule has 7 heteroatoms. The Bertz CT molecular complexity index is 840. The average Bonchev–Trinajstić information content (AvgIpc) is 3.11. The fourth-order valence-electron chi connectivity index (χ4n) is 4.38. The molecule has 148 valence electrons. The molecule has 1 heterocycles. The fraction of sp³-hybridized carbons (Fsp3) is 0.524. The van der Waals surface area contributed by atoms with Gasteiger partial charge in [-0.15, -0.1) is 0 Å². The molecule has 3 aliphatic carbocycles. The van der Waals surface area contributed by atoms with Crippen LogP contribution in [0.2, 0.25) is 0 Å². The number of anilines is 1. The molecule has 3 aliphatic rings. The zero-order valence-corrected chi connectivity index (χ0v) is 15.9. The molecule has 1 saturated carbocycles. The molecule has 28 heavy (non-hydrogen) atoms. The van der Waals surface area contributed by atoms with Gasteiger partial charge in [0.05, 0.1) is 0 Å². The number of nitrogens with zero attached hydrogens (tertiary/aromatic N) is 2. The Kier molecular flexibility index (Phi) is 5.26. The van der Waals surface area contributed by atoms with Crippen molar-refractivity contribution in [1.29, 1.82) is 0 Å². The zero-order valence-electron chi connectivity index (χ0n) is 15.9. The predicted octanol–water partition coefficient (Wildman–Crippen LogP) is 2.65. The van der Waals surface area contributed by atoms with E-state index in [1.54, 1.807) is 0 Å². The Hall–Kier alpha value is -2.54. The van der Waals surface area contributed by atoms with Gasteiger partial charge in [0, 0.05) is 18.4 Å². The smallest absolute Gasteiger partial charge is 0.273 e. The lowest BCUT2D eigenvalue weighted by Gasteiger charge is -2.30. The first-order valence-corrected chi connectivity index (χ1v) is 10.1. The number of hydrogen-bond donors (Lipinski definition) is 3. The highest BCUT2D eigenvalue weighted by molar-refractivity contribution is 6.03. The molecule has 0 aliphatic heterocycles. The van der Waals surface area contributed by atoms with Gasteiger partial charge in [0.25, 0.3) is 11.8 Å². The van der Waals surface area contributed by atoms with Crippen LogP contribution in [0, 0.1) is 0 Å². The number of aromatic nitrogens is 2. The average molecular weight is 382 g/mol. The van der Waals surface area contributed by atoms with E-state index in [2.05, 4.69) is 32.8 Å². The van der Waals surface area contributed by atoms with Crippen LogP contribution in [0.1, 0.15) is 68.3 Å². The molecule has 1 unspecified atom stereocenters. The third-order valence-electron chi connectivity index (χ3n) is 5.93. The Balaban J connectivity index is 1.43. The first kappa shape index (κ1) is 18.8. The Labute approximate surface area is 164 Å². The van der Waals surface area contributed by atoms with E-state index >= 15 is 0 Å². The van der Waals surface area contributed by atoms with Crippen molar-refractivity contribution >= 4 is 17.6 Å². The lowest BCUT2D eigenvalue weighted by molar-refractivity contribution is -0.137. The second-order valence-electron chi connectivity index (χ2n) is 7.95. The monoisotopic (exact) mass is 382 g/mol. The van der Waals surface area contributed by atoms with Crippen LogP contribution in [0.25, 0.3) is 0 Å². The van der Waals surface area contributed by atoms with Gasteiger partial charge in [0.1, 0.15) is 5.60 Å². The standard InChI is InChI=1S/C21H26N4O3/c26-19(24-16-12-14-6-2-3-7-15(14)13-16)17-18(23-11-10-22-17)25-20(27)21(28)8-4-1-5-9-21/h2,6,10-11,16,28H,1,3-5,7-9,12-13H2,(H,24,26)(H,23,25,27). The number of allylic oxidation sites excluding steroid dienone is 2. The van der Waals surface area contributed by atoms with Crippen LogP contribution in [0.3, 0.4) is 0 Å². The van der Waals surface area contributed by atoms with E-state index in [-0.39, 0.29) is 23.5 Å². The minimum absolute atomic E-state index is 0.0355. The molecule has 0 radical (unpaired) electrons. The van der Waals surface area contributed by atoms with Crippen molar-refractivity contribution in [3.8, 4) is 0 Å². The van der Waals surface area contributed by atoms with Gasteiger partial charge in [0.2, 0.25) is 0 Å². The van der Waals surface area contributed by atoms with Crippen molar-refractivity contribution in [1.82, 2.24) is 15.3 Å². The van der Waals surface area contributed by atoms with E-state index in [0.29, 0.717) is 12.8 Å². The third-order valence-corrected chi connectivity index (χ3v) is 5.93. The minimum atomic E-state index is -1.40. The summed E-state index contributed by atoms with van der Waals surface area (Å²) in [6, 6.07) is 0.0355. The molecule has 2 amide bonds. The summed E-state index contributed by atoms with van der Waals surface area (Å²) < 4.78 is 0. The molecule has 3 N–H and O–H groups in total. The molecule has 0 bridgehead atoms. The first-order chi connectivity index (χ1) is 13.5. The van der Waals surface area contributed by atoms with Gasteiger partial charge in [-0.05, 0) is 44.1 Å². The van der Waals surface area contributed by atoms with Crippen LogP contribution in [0.15, 0.2) is 35.7 Å². The van der Waals surface area contributed by atoms with Gasteiger partial charge < -0.3 is 15.7 Å². The molecule has 0 spiro atoms. The van der Waals surface area contributed by atoms with Gasteiger partial charge in [0.15, 0.2) is 11.5 Å². The fourth-order valence-corrected chi connectivity index (χ4v) is 4.38. The minimum Gasteiger partial charge on any atom is -0.380 e. The topological polar surface area (TPSA) is 104 Å². The van der Waals surface area contributed by atoms with Gasteiger partial charge in [-0.25, -0.2) is 9.97 Å². The summed E-state index contributed by atoms with van der Waals surface area (Å²) >= 11 is 0. The Morgan fingerprint density at radius 3 is 2.68 bits per heavy atom. The van der Waals surface area contributed by atoms with Crippen molar-refractivity contribution in [2.75, 3.05) is 5.32 Å². The second kappa shape index (κ2) is 7.83. The predicted molar refractivity (Wildman–Crippen MR) is 105 cm³/mol. The van der Waals surface area contributed by atoms with Crippen molar-refractivity contribution in [2.24, 2.45) is 0 Å². The van der Waals surface area contributed by atoms with Gasteiger partial charge in [-0.3, -0.25) is 9.59 Å². The van der Waals surface area contributed by atoms with Gasteiger partial charge in [-0.2, -0.15) is 0 Å². The molecule has 1 atom stereocenters. The van der Waals surface area contributed by atoms with E-state index < -0.39 is 11.5 Å². The molecule has 1 aromatic heterocycles. The number of amides is 2. The second-order valence-corrected chi connectivity index (χ2v) is 7.95. The van der Waals surface area contributed by atoms with E-state index in [9.17, 15) is 14.7 Å².